The zero-order chi connectivity index (χ0) is 22.6. The summed E-state index contributed by atoms with van der Waals surface area (Å²) in [7, 11) is 0. The molecule has 0 radical (unpaired) electrons. The van der Waals surface area contributed by atoms with E-state index in [-0.39, 0.29) is 29.8 Å². The summed E-state index contributed by atoms with van der Waals surface area (Å²) in [5.74, 6) is 0.247. The topological polar surface area (TPSA) is 112 Å². The molecule has 3 aromatic heterocycles. The molecule has 3 rings (SSSR count). The van der Waals surface area contributed by atoms with Crippen molar-refractivity contribution in [2.45, 2.75) is 38.9 Å². The third-order valence-corrected chi connectivity index (χ3v) is 3.72. The summed E-state index contributed by atoms with van der Waals surface area (Å²) in [6, 6.07) is 8.85. The average molecular weight is 428 g/mol. The Morgan fingerprint density at radius 2 is 1.74 bits per heavy atom. The van der Waals surface area contributed by atoms with Crippen molar-refractivity contribution in [3.8, 4) is 17.6 Å². The number of aromatic nitrogens is 5. The molecule has 0 unspecified atom stereocenters. The van der Waals surface area contributed by atoms with Crippen LogP contribution in [0.25, 0.3) is 11.5 Å². The standard InChI is InChI=1S/C20H19F3N8/c1-19(2,3)31-18-29-16(14-5-4-6-15(27-14)20(21,22)23)28-17(30-18)26-13-8-10-25-12(11-13)7-9-24/h4-6,8,10-11H,7H2,1-3H3,(H2,25,26,28,29,30,31). The van der Waals surface area contributed by atoms with Gasteiger partial charge in [0.15, 0.2) is 5.82 Å². The zero-order valence-corrected chi connectivity index (χ0v) is 17.0. The highest BCUT2D eigenvalue weighted by atomic mass is 19.4. The first kappa shape index (κ1) is 21.9. The van der Waals surface area contributed by atoms with E-state index < -0.39 is 17.4 Å². The molecule has 0 aliphatic heterocycles. The molecule has 0 saturated carbocycles. The van der Waals surface area contributed by atoms with Gasteiger partial charge in [-0.2, -0.15) is 33.4 Å². The molecule has 0 atom stereocenters. The molecule has 3 aromatic rings. The minimum Gasteiger partial charge on any atom is -0.349 e. The number of halogens is 3. The molecule has 0 aliphatic rings. The summed E-state index contributed by atoms with van der Waals surface area (Å²) in [6.45, 7) is 5.68. The van der Waals surface area contributed by atoms with E-state index in [1.807, 2.05) is 26.8 Å². The Kier molecular flexibility index (Phi) is 6.01. The van der Waals surface area contributed by atoms with Crippen LogP contribution in [0.3, 0.4) is 0 Å². The summed E-state index contributed by atoms with van der Waals surface area (Å²) in [5, 5.41) is 14.9. The van der Waals surface area contributed by atoms with Crippen molar-refractivity contribution in [2.75, 3.05) is 10.6 Å². The Labute approximate surface area is 176 Å². The lowest BCUT2D eigenvalue weighted by molar-refractivity contribution is -0.141. The van der Waals surface area contributed by atoms with Gasteiger partial charge >= 0.3 is 6.18 Å². The Bertz CT molecular complexity index is 1120. The number of anilines is 3. The molecule has 0 aliphatic carbocycles. The van der Waals surface area contributed by atoms with Crippen molar-refractivity contribution in [1.29, 1.82) is 5.26 Å². The van der Waals surface area contributed by atoms with Crippen LogP contribution in [-0.4, -0.2) is 30.5 Å². The van der Waals surface area contributed by atoms with E-state index in [0.29, 0.717) is 11.4 Å². The van der Waals surface area contributed by atoms with Gasteiger partial charge < -0.3 is 10.6 Å². The molecule has 11 heteroatoms. The van der Waals surface area contributed by atoms with E-state index in [1.165, 1.54) is 18.3 Å². The third kappa shape index (κ3) is 6.08. The monoisotopic (exact) mass is 428 g/mol. The fourth-order valence-corrected chi connectivity index (χ4v) is 2.52. The lowest BCUT2D eigenvalue weighted by Gasteiger charge is -2.21. The summed E-state index contributed by atoms with van der Waals surface area (Å²) < 4.78 is 39.3. The second-order valence-electron chi connectivity index (χ2n) is 7.58. The smallest absolute Gasteiger partial charge is 0.349 e. The van der Waals surface area contributed by atoms with E-state index in [4.69, 9.17) is 5.26 Å². The lowest BCUT2D eigenvalue weighted by Crippen LogP contribution is -2.27. The first-order chi connectivity index (χ1) is 14.5. The summed E-state index contributed by atoms with van der Waals surface area (Å²) in [4.78, 5) is 20.5. The molecular weight excluding hydrogens is 409 g/mol. The highest BCUT2D eigenvalue weighted by molar-refractivity contribution is 5.59. The van der Waals surface area contributed by atoms with Crippen LogP contribution in [0, 0.1) is 11.3 Å². The van der Waals surface area contributed by atoms with E-state index in [0.717, 1.165) is 6.07 Å². The Balaban J connectivity index is 2.03. The van der Waals surface area contributed by atoms with Gasteiger partial charge in [0.2, 0.25) is 11.9 Å². The van der Waals surface area contributed by atoms with E-state index >= 15 is 0 Å². The first-order valence-corrected chi connectivity index (χ1v) is 9.21. The Morgan fingerprint density at radius 3 is 2.42 bits per heavy atom. The maximum atomic E-state index is 13.1. The fourth-order valence-electron chi connectivity index (χ4n) is 2.52. The second-order valence-corrected chi connectivity index (χ2v) is 7.58. The fraction of sp³-hybridized carbons (Fsp3) is 0.300. The Morgan fingerprint density at radius 1 is 1.00 bits per heavy atom. The molecule has 3 heterocycles. The highest BCUT2D eigenvalue weighted by Crippen LogP contribution is 2.29. The molecule has 0 spiro atoms. The van der Waals surface area contributed by atoms with Gasteiger partial charge in [0, 0.05) is 17.4 Å². The van der Waals surface area contributed by atoms with Gasteiger partial charge in [0.05, 0.1) is 18.2 Å². The minimum atomic E-state index is -4.59. The van der Waals surface area contributed by atoms with Crippen molar-refractivity contribution < 1.29 is 13.2 Å². The van der Waals surface area contributed by atoms with Gasteiger partial charge in [-0.25, -0.2) is 4.98 Å². The number of hydrogen-bond acceptors (Lipinski definition) is 8. The van der Waals surface area contributed by atoms with Crippen LogP contribution in [0.1, 0.15) is 32.2 Å². The van der Waals surface area contributed by atoms with Crippen LogP contribution in [0.4, 0.5) is 30.8 Å². The normalized spacial score (nSPS) is 11.6. The van der Waals surface area contributed by atoms with Crippen LogP contribution in [-0.2, 0) is 12.6 Å². The van der Waals surface area contributed by atoms with Crippen LogP contribution in [0.15, 0.2) is 36.5 Å². The van der Waals surface area contributed by atoms with Crippen molar-refractivity contribution >= 4 is 17.6 Å². The van der Waals surface area contributed by atoms with Gasteiger partial charge in [-0.15, -0.1) is 0 Å². The van der Waals surface area contributed by atoms with Gasteiger partial charge in [-0.3, -0.25) is 4.98 Å². The molecule has 0 fully saturated rings. The molecule has 0 aromatic carbocycles. The average Bonchev–Trinajstić information content (AvgIpc) is 2.66. The number of nitrogens with one attached hydrogen (secondary N) is 2. The number of pyridine rings is 2. The van der Waals surface area contributed by atoms with Gasteiger partial charge in [0.1, 0.15) is 11.4 Å². The predicted molar refractivity (Wildman–Crippen MR) is 108 cm³/mol. The number of nitriles is 1. The van der Waals surface area contributed by atoms with Crippen LogP contribution >= 0.6 is 0 Å². The van der Waals surface area contributed by atoms with E-state index in [2.05, 4.69) is 35.6 Å². The largest absolute Gasteiger partial charge is 0.433 e. The van der Waals surface area contributed by atoms with E-state index in [9.17, 15) is 13.2 Å². The number of nitrogens with zero attached hydrogens (tertiary/aromatic N) is 6. The SMILES string of the molecule is CC(C)(C)Nc1nc(Nc2ccnc(CC#N)c2)nc(-c2cccc(C(F)(F)F)n2)n1. The third-order valence-electron chi connectivity index (χ3n) is 3.72. The van der Waals surface area contributed by atoms with Crippen LogP contribution in [0.2, 0.25) is 0 Å². The lowest BCUT2D eigenvalue weighted by atomic mass is 10.1. The second kappa shape index (κ2) is 8.51. The molecule has 2 N–H and O–H groups in total. The first-order valence-electron chi connectivity index (χ1n) is 9.21. The summed E-state index contributed by atoms with van der Waals surface area (Å²) >= 11 is 0. The molecular formula is C20H19F3N8. The Hall–Kier alpha value is -3.81. The maximum Gasteiger partial charge on any atom is 0.433 e. The van der Waals surface area contributed by atoms with Crippen molar-refractivity contribution in [2.24, 2.45) is 0 Å². The molecule has 31 heavy (non-hydrogen) atoms. The summed E-state index contributed by atoms with van der Waals surface area (Å²) in [5.41, 5.74) is -0.378. The quantitative estimate of drug-likeness (QED) is 0.616. The molecule has 0 bridgehead atoms. The van der Waals surface area contributed by atoms with Crippen LogP contribution in [0.5, 0.6) is 0 Å². The minimum absolute atomic E-state index is 0.0262. The molecule has 160 valence electrons. The highest BCUT2D eigenvalue weighted by Gasteiger charge is 2.32. The van der Waals surface area contributed by atoms with Crippen LogP contribution < -0.4 is 10.6 Å². The van der Waals surface area contributed by atoms with Gasteiger partial charge in [-0.05, 0) is 45.0 Å². The van der Waals surface area contributed by atoms with Crippen molar-refractivity contribution in [3.05, 3.63) is 47.9 Å². The van der Waals surface area contributed by atoms with E-state index in [1.54, 1.807) is 12.1 Å². The molecule has 0 amide bonds. The van der Waals surface area contributed by atoms with Gasteiger partial charge in [-0.1, -0.05) is 6.07 Å². The molecule has 8 nitrogen and oxygen atoms in total. The maximum absolute atomic E-state index is 13.1. The number of hydrogen-bond donors (Lipinski definition) is 2. The van der Waals surface area contributed by atoms with Crippen molar-refractivity contribution in [3.63, 3.8) is 0 Å². The predicted octanol–water partition coefficient (Wildman–Crippen LogP) is 4.37. The number of alkyl halides is 3. The number of rotatable bonds is 5. The van der Waals surface area contributed by atoms with Crippen molar-refractivity contribution in [1.82, 2.24) is 24.9 Å². The summed E-state index contributed by atoms with van der Waals surface area (Å²) in [6.07, 6.45) is -2.94. The zero-order valence-electron chi connectivity index (χ0n) is 17.0. The van der Waals surface area contributed by atoms with Gasteiger partial charge in [0.25, 0.3) is 0 Å². The molecule has 0 saturated heterocycles.